The molecule has 0 aliphatic carbocycles. The summed E-state index contributed by atoms with van der Waals surface area (Å²) in [5.41, 5.74) is 0.445. The summed E-state index contributed by atoms with van der Waals surface area (Å²) < 4.78 is 11.4. The first kappa shape index (κ1) is 20.5. The van der Waals surface area contributed by atoms with Gasteiger partial charge in [-0.3, -0.25) is 9.59 Å². The van der Waals surface area contributed by atoms with Crippen LogP contribution in [-0.4, -0.2) is 33.3 Å². The number of unbranched alkanes of at least 4 members (excludes halogenated alkanes) is 1. The summed E-state index contributed by atoms with van der Waals surface area (Å²) in [4.78, 5) is 23.9. The summed E-state index contributed by atoms with van der Waals surface area (Å²) in [5.74, 6) is 0.574. The SMILES string of the molecule is CCCC[Si](C)(C)Oc1ccc(C2(CC(=O)OCC)CNC(=O)C2)cc1. The number of benzene rings is 1. The summed E-state index contributed by atoms with van der Waals surface area (Å²) in [6, 6.07) is 9.03. The number of ether oxygens (including phenoxy) is 1. The summed E-state index contributed by atoms with van der Waals surface area (Å²) in [7, 11) is -1.72. The predicted molar refractivity (Wildman–Crippen MR) is 105 cm³/mol. The lowest BCUT2D eigenvalue weighted by molar-refractivity contribution is -0.144. The fourth-order valence-electron chi connectivity index (χ4n) is 3.47. The van der Waals surface area contributed by atoms with Crippen molar-refractivity contribution >= 4 is 20.2 Å². The molecule has 1 amide bonds. The first-order chi connectivity index (χ1) is 12.3. The van der Waals surface area contributed by atoms with Gasteiger partial charge in [-0.2, -0.15) is 0 Å². The molecule has 0 saturated carbocycles. The molecule has 2 rings (SSSR count). The van der Waals surface area contributed by atoms with Gasteiger partial charge in [0, 0.05) is 18.4 Å². The maximum atomic E-state index is 12.1. The maximum Gasteiger partial charge on any atom is 0.306 e. The van der Waals surface area contributed by atoms with E-state index in [4.69, 9.17) is 9.16 Å². The highest BCUT2D eigenvalue weighted by molar-refractivity contribution is 6.71. The molecule has 1 N–H and O–H groups in total. The van der Waals surface area contributed by atoms with Crippen LogP contribution in [0.5, 0.6) is 5.75 Å². The standard InChI is InChI=1S/C20H31NO4Si/c1-5-7-12-26(3,4)25-17-10-8-16(9-11-17)20(13-18(22)21-15-20)14-19(23)24-6-2/h8-11H,5-7,12-15H2,1-4H3,(H,21,22). The second kappa shape index (κ2) is 8.71. The Labute approximate surface area is 157 Å². The highest BCUT2D eigenvalue weighted by atomic mass is 28.4. The molecule has 5 nitrogen and oxygen atoms in total. The Morgan fingerprint density at radius 3 is 2.46 bits per heavy atom. The van der Waals surface area contributed by atoms with E-state index in [1.807, 2.05) is 24.3 Å². The molecule has 0 aromatic heterocycles. The van der Waals surface area contributed by atoms with Gasteiger partial charge in [0.05, 0.1) is 13.0 Å². The molecule has 1 aliphatic heterocycles. The predicted octanol–water partition coefficient (Wildman–Crippen LogP) is 3.78. The number of hydrogen-bond acceptors (Lipinski definition) is 4. The van der Waals surface area contributed by atoms with E-state index in [1.165, 1.54) is 12.8 Å². The van der Waals surface area contributed by atoms with Crippen LogP contribution in [0.4, 0.5) is 0 Å². The molecule has 144 valence electrons. The molecule has 6 heteroatoms. The van der Waals surface area contributed by atoms with Crippen LogP contribution in [0.15, 0.2) is 24.3 Å². The van der Waals surface area contributed by atoms with Crippen LogP contribution in [-0.2, 0) is 19.7 Å². The minimum absolute atomic E-state index is 0.0252. The molecule has 0 radical (unpaired) electrons. The zero-order valence-corrected chi connectivity index (χ0v) is 17.4. The lowest BCUT2D eigenvalue weighted by atomic mass is 9.77. The Kier molecular flexibility index (Phi) is 6.86. The summed E-state index contributed by atoms with van der Waals surface area (Å²) in [6.07, 6.45) is 2.88. The quantitative estimate of drug-likeness (QED) is 0.525. The molecular weight excluding hydrogens is 346 g/mol. The number of carbonyl (C=O) groups excluding carboxylic acids is 2. The van der Waals surface area contributed by atoms with Crippen molar-refractivity contribution in [2.24, 2.45) is 0 Å². The molecule has 1 saturated heterocycles. The first-order valence-electron chi connectivity index (χ1n) is 9.52. The lowest BCUT2D eigenvalue weighted by Crippen LogP contribution is -2.34. The first-order valence-corrected chi connectivity index (χ1v) is 12.6. The minimum atomic E-state index is -1.72. The third-order valence-corrected chi connectivity index (χ3v) is 7.25. The zero-order valence-electron chi connectivity index (χ0n) is 16.4. The van der Waals surface area contributed by atoms with Crippen molar-refractivity contribution in [2.75, 3.05) is 13.2 Å². The Morgan fingerprint density at radius 2 is 1.92 bits per heavy atom. The van der Waals surface area contributed by atoms with Crippen molar-refractivity contribution in [3.8, 4) is 5.75 Å². The van der Waals surface area contributed by atoms with Crippen LogP contribution < -0.4 is 9.74 Å². The van der Waals surface area contributed by atoms with E-state index in [9.17, 15) is 9.59 Å². The minimum Gasteiger partial charge on any atom is -0.544 e. The fourth-order valence-corrected chi connectivity index (χ4v) is 5.55. The van der Waals surface area contributed by atoms with E-state index in [0.717, 1.165) is 17.4 Å². The van der Waals surface area contributed by atoms with E-state index in [0.29, 0.717) is 19.6 Å². The Morgan fingerprint density at radius 1 is 1.23 bits per heavy atom. The molecule has 0 spiro atoms. The number of hydrogen-bond donors (Lipinski definition) is 1. The highest BCUT2D eigenvalue weighted by Crippen LogP contribution is 2.36. The average molecular weight is 378 g/mol. The Balaban J connectivity index is 2.15. The Bertz CT molecular complexity index is 629. The zero-order chi connectivity index (χ0) is 19.2. The molecule has 1 aliphatic rings. The lowest BCUT2D eigenvalue weighted by Gasteiger charge is -2.28. The van der Waals surface area contributed by atoms with Gasteiger partial charge in [0.25, 0.3) is 0 Å². The van der Waals surface area contributed by atoms with Crippen molar-refractivity contribution in [2.45, 2.75) is 64.1 Å². The molecular formula is C20H31NO4Si. The van der Waals surface area contributed by atoms with Crippen molar-refractivity contribution in [1.82, 2.24) is 5.32 Å². The molecule has 1 unspecified atom stereocenters. The maximum absolute atomic E-state index is 12.1. The largest absolute Gasteiger partial charge is 0.544 e. The number of nitrogens with one attached hydrogen (secondary N) is 1. The van der Waals surface area contributed by atoms with E-state index in [-0.39, 0.29) is 18.3 Å². The van der Waals surface area contributed by atoms with Crippen LogP contribution >= 0.6 is 0 Å². The van der Waals surface area contributed by atoms with Crippen molar-refractivity contribution < 1.29 is 18.8 Å². The monoisotopic (exact) mass is 377 g/mol. The van der Waals surface area contributed by atoms with Crippen LogP contribution in [0, 0.1) is 0 Å². The second-order valence-electron chi connectivity index (χ2n) is 7.71. The van der Waals surface area contributed by atoms with Crippen LogP contribution in [0.1, 0.15) is 45.1 Å². The van der Waals surface area contributed by atoms with Gasteiger partial charge in [0.2, 0.25) is 14.2 Å². The van der Waals surface area contributed by atoms with Crippen molar-refractivity contribution in [3.63, 3.8) is 0 Å². The van der Waals surface area contributed by atoms with Gasteiger partial charge in [-0.15, -0.1) is 0 Å². The Hall–Kier alpha value is -1.82. The van der Waals surface area contributed by atoms with Gasteiger partial charge in [-0.1, -0.05) is 31.9 Å². The van der Waals surface area contributed by atoms with Gasteiger partial charge < -0.3 is 14.5 Å². The van der Waals surface area contributed by atoms with E-state index < -0.39 is 13.7 Å². The topological polar surface area (TPSA) is 64.6 Å². The normalized spacial score (nSPS) is 19.9. The number of rotatable bonds is 9. The van der Waals surface area contributed by atoms with Gasteiger partial charge in [0.15, 0.2) is 0 Å². The van der Waals surface area contributed by atoms with Gasteiger partial charge >= 0.3 is 5.97 Å². The van der Waals surface area contributed by atoms with Crippen molar-refractivity contribution in [1.29, 1.82) is 0 Å². The van der Waals surface area contributed by atoms with Gasteiger partial charge in [0.1, 0.15) is 5.75 Å². The summed E-state index contributed by atoms with van der Waals surface area (Å²) >= 11 is 0. The number of carbonyl (C=O) groups is 2. The van der Waals surface area contributed by atoms with E-state index in [2.05, 4.69) is 25.3 Å². The molecule has 1 aromatic carbocycles. The van der Waals surface area contributed by atoms with Crippen molar-refractivity contribution in [3.05, 3.63) is 29.8 Å². The smallest absolute Gasteiger partial charge is 0.306 e. The van der Waals surface area contributed by atoms with Gasteiger partial charge in [-0.25, -0.2) is 0 Å². The van der Waals surface area contributed by atoms with Gasteiger partial charge in [-0.05, 0) is 43.8 Å². The third-order valence-electron chi connectivity index (χ3n) is 4.90. The van der Waals surface area contributed by atoms with Crippen LogP contribution in [0.3, 0.4) is 0 Å². The molecule has 1 heterocycles. The molecule has 26 heavy (non-hydrogen) atoms. The average Bonchev–Trinajstić information content (AvgIpc) is 2.95. The molecule has 1 fully saturated rings. The fraction of sp³-hybridized carbons (Fsp3) is 0.600. The third kappa shape index (κ3) is 5.33. The molecule has 1 aromatic rings. The second-order valence-corrected chi connectivity index (χ2v) is 11.9. The summed E-state index contributed by atoms with van der Waals surface area (Å²) in [6.45, 7) is 9.26. The van der Waals surface area contributed by atoms with Crippen LogP contribution in [0.25, 0.3) is 0 Å². The summed E-state index contributed by atoms with van der Waals surface area (Å²) in [5, 5.41) is 2.86. The van der Waals surface area contributed by atoms with Crippen LogP contribution in [0.2, 0.25) is 19.1 Å². The molecule has 1 atom stereocenters. The van der Waals surface area contributed by atoms with E-state index >= 15 is 0 Å². The molecule has 0 bridgehead atoms. The number of esters is 1. The number of amides is 1. The highest BCUT2D eigenvalue weighted by Gasteiger charge is 2.42. The van der Waals surface area contributed by atoms with E-state index in [1.54, 1.807) is 6.92 Å².